The van der Waals surface area contributed by atoms with E-state index >= 15 is 0 Å². The number of aromatic amines is 1. The number of anilines is 1. The Kier molecular flexibility index (Phi) is 6.20. The first-order chi connectivity index (χ1) is 19.1. The number of hydrogen-bond donors (Lipinski definition) is 2. The van der Waals surface area contributed by atoms with Crippen LogP contribution < -0.4 is 9.62 Å². The molecular formula is C29H25N5O4S2. The maximum atomic E-state index is 13.1. The fourth-order valence-corrected chi connectivity index (χ4v) is 5.80. The van der Waals surface area contributed by atoms with Crippen molar-refractivity contribution < 1.29 is 17.6 Å². The highest BCUT2D eigenvalue weighted by molar-refractivity contribution is 7.92. The summed E-state index contributed by atoms with van der Waals surface area (Å²) in [6.45, 7) is 1.98. The van der Waals surface area contributed by atoms with E-state index in [1.165, 1.54) is 22.9 Å². The van der Waals surface area contributed by atoms with Gasteiger partial charge in [-0.25, -0.2) is 13.4 Å². The molecule has 11 heteroatoms. The summed E-state index contributed by atoms with van der Waals surface area (Å²) in [6.07, 6.45) is 1.13. The van der Waals surface area contributed by atoms with Gasteiger partial charge in [-0.3, -0.25) is 9.10 Å². The lowest BCUT2D eigenvalue weighted by Gasteiger charge is -2.19. The van der Waals surface area contributed by atoms with Crippen molar-refractivity contribution in [1.29, 1.82) is 0 Å². The van der Waals surface area contributed by atoms with Gasteiger partial charge in [-0.2, -0.15) is 4.37 Å². The SMILES string of the molecule is CNC(=O)c1c(-c2ccc(C)cc2)oc2cc(N(C)S(C)(=O)=O)c(-c3nsc(-c4cc5ccccc5[nH]4)n3)cc12. The maximum Gasteiger partial charge on any atom is 0.255 e. The molecule has 9 nitrogen and oxygen atoms in total. The normalized spacial score (nSPS) is 11.8. The molecule has 3 heterocycles. The van der Waals surface area contributed by atoms with Crippen molar-refractivity contribution >= 4 is 55.0 Å². The van der Waals surface area contributed by atoms with Crippen molar-refractivity contribution in [2.24, 2.45) is 0 Å². The van der Waals surface area contributed by atoms with Crippen molar-refractivity contribution in [1.82, 2.24) is 19.7 Å². The van der Waals surface area contributed by atoms with Gasteiger partial charge in [-0.15, -0.1) is 0 Å². The lowest BCUT2D eigenvalue weighted by molar-refractivity contribution is 0.0964. The van der Waals surface area contributed by atoms with E-state index in [4.69, 9.17) is 9.40 Å². The Morgan fingerprint density at radius 1 is 1.07 bits per heavy atom. The molecule has 6 aromatic rings. The standard InChI is InChI=1S/C29H25N5O4S2/c1-16-9-11-17(12-10-16)26-25(28(35)30-2)20-14-19(23(15-24(20)38-26)34(3)40(4,36)37)27-32-29(39-33-27)22-13-18-7-5-6-8-21(18)31-22/h5-15,31H,1-4H3,(H,30,35). The van der Waals surface area contributed by atoms with Gasteiger partial charge >= 0.3 is 0 Å². The Hall–Kier alpha value is -4.48. The van der Waals surface area contributed by atoms with Crippen LogP contribution in [-0.4, -0.2) is 49.0 Å². The Morgan fingerprint density at radius 3 is 2.52 bits per heavy atom. The number of rotatable bonds is 6. The molecule has 0 aliphatic rings. The van der Waals surface area contributed by atoms with Gasteiger partial charge in [0.05, 0.1) is 23.2 Å². The first kappa shape index (κ1) is 25.8. The molecule has 0 aliphatic heterocycles. The lowest BCUT2D eigenvalue weighted by Crippen LogP contribution is -2.25. The highest BCUT2D eigenvalue weighted by atomic mass is 32.2. The third-order valence-corrected chi connectivity index (χ3v) is 8.78. The number of hydrogen-bond acceptors (Lipinski definition) is 7. The highest BCUT2D eigenvalue weighted by Gasteiger charge is 2.27. The van der Waals surface area contributed by atoms with Crippen LogP contribution >= 0.6 is 11.5 Å². The number of furan rings is 1. The van der Waals surface area contributed by atoms with Crippen LogP contribution in [0.4, 0.5) is 5.69 Å². The molecule has 6 rings (SSSR count). The zero-order valence-corrected chi connectivity index (χ0v) is 23.8. The first-order valence-corrected chi connectivity index (χ1v) is 15.0. The summed E-state index contributed by atoms with van der Waals surface area (Å²) in [6, 6.07) is 20.9. The molecule has 2 N–H and O–H groups in total. The summed E-state index contributed by atoms with van der Waals surface area (Å²) >= 11 is 1.20. The molecule has 3 aromatic carbocycles. The second kappa shape index (κ2) is 9.61. The molecule has 1 amide bonds. The molecule has 0 unspecified atom stereocenters. The number of nitrogens with zero attached hydrogens (tertiary/aromatic N) is 3. The van der Waals surface area contributed by atoms with Gasteiger partial charge in [0.2, 0.25) is 10.0 Å². The fraction of sp³-hybridized carbons (Fsp3) is 0.138. The van der Waals surface area contributed by atoms with E-state index in [1.807, 2.05) is 61.5 Å². The predicted molar refractivity (Wildman–Crippen MR) is 159 cm³/mol. The van der Waals surface area contributed by atoms with E-state index in [0.717, 1.165) is 34.0 Å². The number of nitrogens with one attached hydrogen (secondary N) is 2. The van der Waals surface area contributed by atoms with Crippen LogP contribution in [0.5, 0.6) is 0 Å². The molecule has 0 fully saturated rings. The van der Waals surface area contributed by atoms with E-state index < -0.39 is 10.0 Å². The van der Waals surface area contributed by atoms with Crippen molar-refractivity contribution in [2.45, 2.75) is 6.92 Å². The van der Waals surface area contributed by atoms with Crippen molar-refractivity contribution in [3.8, 4) is 33.4 Å². The summed E-state index contributed by atoms with van der Waals surface area (Å²) in [4.78, 5) is 21.3. The fourth-order valence-electron chi connectivity index (χ4n) is 4.64. The minimum Gasteiger partial charge on any atom is -0.455 e. The topological polar surface area (TPSA) is 121 Å². The van der Waals surface area contributed by atoms with Crippen LogP contribution in [0, 0.1) is 6.92 Å². The van der Waals surface area contributed by atoms with E-state index in [0.29, 0.717) is 44.4 Å². The van der Waals surface area contributed by atoms with Gasteiger partial charge in [-0.05, 0) is 36.7 Å². The van der Waals surface area contributed by atoms with Crippen molar-refractivity contribution in [3.05, 3.63) is 77.9 Å². The molecule has 0 atom stereocenters. The summed E-state index contributed by atoms with van der Waals surface area (Å²) in [5, 5.41) is 4.93. The zero-order valence-electron chi connectivity index (χ0n) is 22.1. The number of sulfonamides is 1. The van der Waals surface area contributed by atoms with Gasteiger partial charge in [-0.1, -0.05) is 48.0 Å². The Labute approximate surface area is 234 Å². The third-order valence-electron chi connectivity index (χ3n) is 6.84. The smallest absolute Gasteiger partial charge is 0.255 e. The monoisotopic (exact) mass is 571 g/mol. The van der Waals surface area contributed by atoms with E-state index in [9.17, 15) is 13.2 Å². The average molecular weight is 572 g/mol. The minimum atomic E-state index is -3.64. The second-order valence-corrected chi connectivity index (χ2v) is 12.3. The second-order valence-electron chi connectivity index (χ2n) is 9.54. The molecule has 202 valence electrons. The van der Waals surface area contributed by atoms with E-state index in [1.54, 1.807) is 19.2 Å². The van der Waals surface area contributed by atoms with E-state index in [2.05, 4.69) is 14.7 Å². The van der Waals surface area contributed by atoms with Gasteiger partial charge < -0.3 is 14.7 Å². The molecule has 0 saturated heterocycles. The molecule has 0 radical (unpaired) electrons. The molecular weight excluding hydrogens is 546 g/mol. The molecule has 40 heavy (non-hydrogen) atoms. The first-order valence-electron chi connectivity index (χ1n) is 12.4. The van der Waals surface area contributed by atoms with Gasteiger partial charge in [0.1, 0.15) is 11.3 Å². The number of carbonyl (C=O) groups excluding carboxylic acids is 1. The van der Waals surface area contributed by atoms with Crippen LogP contribution in [0.15, 0.2) is 71.1 Å². The quantitative estimate of drug-likeness (QED) is 0.259. The number of benzene rings is 3. The maximum absolute atomic E-state index is 13.1. The summed E-state index contributed by atoms with van der Waals surface area (Å²) in [5.41, 5.74) is 5.10. The van der Waals surface area contributed by atoms with Crippen LogP contribution in [0.2, 0.25) is 0 Å². The number of amides is 1. The Morgan fingerprint density at radius 2 is 1.82 bits per heavy atom. The number of aryl methyl sites for hydroxylation is 1. The Balaban J connectivity index is 1.58. The number of fused-ring (bicyclic) bond motifs is 2. The Bertz CT molecular complexity index is 1990. The summed E-state index contributed by atoms with van der Waals surface area (Å²) in [7, 11) is -0.621. The number of H-pyrrole nitrogens is 1. The summed E-state index contributed by atoms with van der Waals surface area (Å²) < 4.78 is 37.3. The minimum absolute atomic E-state index is 0.325. The molecule has 0 aliphatic carbocycles. The van der Waals surface area contributed by atoms with Crippen LogP contribution in [0.1, 0.15) is 15.9 Å². The van der Waals surface area contributed by atoms with Gasteiger partial charge in [0.25, 0.3) is 5.91 Å². The largest absolute Gasteiger partial charge is 0.455 e. The van der Waals surface area contributed by atoms with Gasteiger partial charge in [0.15, 0.2) is 10.8 Å². The van der Waals surface area contributed by atoms with Crippen molar-refractivity contribution in [3.63, 3.8) is 0 Å². The molecule has 0 saturated carbocycles. The van der Waals surface area contributed by atoms with Crippen LogP contribution in [0.3, 0.4) is 0 Å². The van der Waals surface area contributed by atoms with E-state index in [-0.39, 0.29) is 5.91 Å². The number of aromatic nitrogens is 3. The number of para-hydroxylation sites is 1. The average Bonchev–Trinajstić information content (AvgIpc) is 3.67. The third kappa shape index (κ3) is 4.42. The predicted octanol–water partition coefficient (Wildman–Crippen LogP) is 5.83. The van der Waals surface area contributed by atoms with Crippen LogP contribution in [0.25, 0.3) is 55.3 Å². The number of carbonyl (C=O) groups is 1. The molecule has 0 spiro atoms. The van der Waals surface area contributed by atoms with Crippen LogP contribution in [-0.2, 0) is 10.0 Å². The molecule has 0 bridgehead atoms. The molecule has 3 aromatic heterocycles. The highest BCUT2D eigenvalue weighted by Crippen LogP contribution is 2.41. The summed E-state index contributed by atoms with van der Waals surface area (Å²) in [5.74, 6) is 0.408. The zero-order chi connectivity index (χ0) is 28.2. The van der Waals surface area contributed by atoms with Crippen molar-refractivity contribution in [2.75, 3.05) is 24.7 Å². The lowest BCUT2D eigenvalue weighted by atomic mass is 10.0. The van der Waals surface area contributed by atoms with Gasteiger partial charge in [0, 0.05) is 47.6 Å².